The normalized spacial score (nSPS) is 11.2. The van der Waals surface area contributed by atoms with Crippen molar-refractivity contribution in [2.24, 2.45) is 0 Å². The van der Waals surface area contributed by atoms with Crippen LogP contribution in [0.5, 0.6) is 11.5 Å². The Hall–Kier alpha value is -3.21. The predicted octanol–water partition coefficient (Wildman–Crippen LogP) is 4.23. The number of methoxy groups -OCH3 is 1. The van der Waals surface area contributed by atoms with E-state index >= 15 is 0 Å². The minimum atomic E-state index is -0.178. The lowest BCUT2D eigenvalue weighted by atomic mass is 10.1. The van der Waals surface area contributed by atoms with Gasteiger partial charge in [-0.3, -0.25) is 4.79 Å². The van der Waals surface area contributed by atoms with E-state index in [9.17, 15) is 9.90 Å². The van der Waals surface area contributed by atoms with Gasteiger partial charge in [-0.25, -0.2) is 0 Å². The molecule has 0 unspecified atom stereocenters. The minimum Gasteiger partial charge on any atom is -0.504 e. The summed E-state index contributed by atoms with van der Waals surface area (Å²) in [7, 11) is 1.49. The van der Waals surface area contributed by atoms with Crippen LogP contribution in [0.3, 0.4) is 0 Å². The fourth-order valence-corrected chi connectivity index (χ4v) is 2.88. The highest BCUT2D eigenvalue weighted by molar-refractivity contribution is 6.06. The molecule has 0 spiro atoms. The van der Waals surface area contributed by atoms with Gasteiger partial charge in [-0.2, -0.15) is 0 Å². The molecule has 5 heteroatoms. The summed E-state index contributed by atoms with van der Waals surface area (Å²) in [6, 6.07) is 11.6. The topological polar surface area (TPSA) is 72.8 Å². The Bertz CT molecular complexity index is 1130. The van der Waals surface area contributed by atoms with Crippen LogP contribution in [0.4, 0.5) is 0 Å². The van der Waals surface area contributed by atoms with E-state index in [0.717, 1.165) is 16.3 Å². The van der Waals surface area contributed by atoms with E-state index in [1.165, 1.54) is 19.2 Å². The van der Waals surface area contributed by atoms with Crippen molar-refractivity contribution < 1.29 is 18.7 Å². The first-order chi connectivity index (χ1) is 11.5. The second kappa shape index (κ2) is 5.16. The molecule has 0 saturated carbocycles. The van der Waals surface area contributed by atoms with Crippen LogP contribution in [-0.2, 0) is 0 Å². The minimum absolute atomic E-state index is 0.0525. The maximum absolute atomic E-state index is 11.9. The van der Waals surface area contributed by atoms with Gasteiger partial charge >= 0.3 is 0 Å². The van der Waals surface area contributed by atoms with Gasteiger partial charge in [-0.1, -0.05) is 0 Å². The molecule has 0 aliphatic rings. The number of benzene rings is 2. The Morgan fingerprint density at radius 3 is 2.50 bits per heavy atom. The van der Waals surface area contributed by atoms with Gasteiger partial charge in [0.25, 0.3) is 0 Å². The van der Waals surface area contributed by atoms with E-state index < -0.39 is 0 Å². The summed E-state index contributed by atoms with van der Waals surface area (Å²) in [5.74, 6) is 1.68. The van der Waals surface area contributed by atoms with Crippen LogP contribution in [0.15, 0.2) is 56.1 Å². The van der Waals surface area contributed by atoms with Crippen LogP contribution in [0.1, 0.15) is 5.76 Å². The molecule has 1 N–H and O–H groups in total. The SMILES string of the molecule is COc1cc(-c2cc3cc(C)oc4cc(=O)cc(o2)c34)ccc1O. The average Bonchev–Trinajstić information content (AvgIpc) is 2.54. The van der Waals surface area contributed by atoms with Crippen molar-refractivity contribution in [1.29, 1.82) is 0 Å². The number of hydrogen-bond acceptors (Lipinski definition) is 5. The van der Waals surface area contributed by atoms with E-state index in [1.54, 1.807) is 18.2 Å². The quantitative estimate of drug-likeness (QED) is 0.598. The molecular formula is C19H14O5. The van der Waals surface area contributed by atoms with E-state index in [1.807, 2.05) is 19.1 Å². The molecular weight excluding hydrogens is 308 g/mol. The standard InChI is InChI=1S/C19H14O5/c1-10-5-12-7-15(11-3-4-14(21)16(6-11)22-2)24-18-9-13(20)8-17(23-10)19(12)18/h3-9,21H,1-2H3. The van der Waals surface area contributed by atoms with Gasteiger partial charge in [-0.05, 0) is 42.6 Å². The summed E-state index contributed by atoms with van der Waals surface area (Å²) in [5, 5.41) is 11.4. The summed E-state index contributed by atoms with van der Waals surface area (Å²) in [5.41, 5.74) is 1.52. The van der Waals surface area contributed by atoms with Crippen LogP contribution < -0.4 is 10.2 Å². The highest BCUT2D eigenvalue weighted by Crippen LogP contribution is 2.35. The fraction of sp³-hybridized carbons (Fsp3) is 0.105. The lowest BCUT2D eigenvalue weighted by Gasteiger charge is -2.10. The van der Waals surface area contributed by atoms with Crippen molar-refractivity contribution in [2.45, 2.75) is 6.92 Å². The molecule has 0 atom stereocenters. The van der Waals surface area contributed by atoms with Crippen molar-refractivity contribution in [1.82, 2.24) is 0 Å². The Kier molecular flexibility index (Phi) is 3.09. The van der Waals surface area contributed by atoms with Gasteiger partial charge in [-0.15, -0.1) is 0 Å². The molecule has 4 rings (SSSR count). The predicted molar refractivity (Wildman–Crippen MR) is 90.6 cm³/mol. The second-order valence-corrected chi connectivity index (χ2v) is 5.60. The summed E-state index contributed by atoms with van der Waals surface area (Å²) in [6.07, 6.45) is 0. The van der Waals surface area contributed by atoms with E-state index in [-0.39, 0.29) is 11.2 Å². The van der Waals surface area contributed by atoms with Crippen molar-refractivity contribution in [3.63, 3.8) is 0 Å². The molecule has 4 aromatic rings. The van der Waals surface area contributed by atoms with Crippen molar-refractivity contribution in [3.8, 4) is 22.8 Å². The van der Waals surface area contributed by atoms with Crippen molar-refractivity contribution in [3.05, 3.63) is 58.4 Å². The summed E-state index contributed by atoms with van der Waals surface area (Å²) < 4.78 is 16.7. The fourth-order valence-electron chi connectivity index (χ4n) is 2.88. The number of aromatic hydroxyl groups is 1. The number of phenols is 1. The van der Waals surface area contributed by atoms with Crippen molar-refractivity contribution >= 4 is 21.9 Å². The molecule has 0 bridgehead atoms. The summed E-state index contributed by atoms with van der Waals surface area (Å²) in [6.45, 7) is 1.83. The summed E-state index contributed by atoms with van der Waals surface area (Å²) >= 11 is 0. The van der Waals surface area contributed by atoms with Crippen LogP contribution >= 0.6 is 0 Å². The van der Waals surface area contributed by atoms with Gasteiger partial charge in [0.05, 0.1) is 12.5 Å². The first kappa shape index (κ1) is 14.4. The molecule has 120 valence electrons. The number of hydrogen-bond donors (Lipinski definition) is 1. The number of aryl methyl sites for hydroxylation is 1. The van der Waals surface area contributed by atoms with Gasteiger partial charge in [0.15, 0.2) is 16.9 Å². The molecule has 5 nitrogen and oxygen atoms in total. The lowest BCUT2D eigenvalue weighted by molar-refractivity contribution is 0.373. The van der Waals surface area contributed by atoms with Gasteiger partial charge in [0, 0.05) is 17.7 Å². The number of phenolic OH excluding ortho intramolecular Hbond substituents is 1. The largest absolute Gasteiger partial charge is 0.504 e. The molecule has 0 aliphatic carbocycles. The maximum atomic E-state index is 11.9. The average molecular weight is 322 g/mol. The molecule has 0 saturated heterocycles. The maximum Gasteiger partial charge on any atom is 0.186 e. The third kappa shape index (κ3) is 2.22. The van der Waals surface area contributed by atoms with Crippen LogP contribution in [0, 0.1) is 6.92 Å². The first-order valence-electron chi connectivity index (χ1n) is 7.40. The molecule has 0 radical (unpaired) electrons. The molecule has 0 aliphatic heterocycles. The Morgan fingerprint density at radius 2 is 1.75 bits per heavy atom. The number of ether oxygens (including phenoxy) is 1. The van der Waals surface area contributed by atoms with E-state index in [0.29, 0.717) is 28.4 Å². The third-order valence-electron chi connectivity index (χ3n) is 3.93. The monoisotopic (exact) mass is 322 g/mol. The highest BCUT2D eigenvalue weighted by atomic mass is 16.5. The zero-order valence-electron chi connectivity index (χ0n) is 13.1. The Morgan fingerprint density at radius 1 is 1.00 bits per heavy atom. The van der Waals surface area contributed by atoms with Gasteiger partial charge < -0.3 is 18.7 Å². The van der Waals surface area contributed by atoms with Gasteiger partial charge in [0.1, 0.15) is 22.7 Å². The van der Waals surface area contributed by atoms with Crippen LogP contribution in [-0.4, -0.2) is 12.2 Å². The Balaban J connectivity index is 2.06. The van der Waals surface area contributed by atoms with Gasteiger partial charge in [0.2, 0.25) is 0 Å². The van der Waals surface area contributed by atoms with Crippen LogP contribution in [0.2, 0.25) is 0 Å². The van der Waals surface area contributed by atoms with Crippen LogP contribution in [0.25, 0.3) is 33.3 Å². The Labute approximate surface area is 136 Å². The molecule has 0 amide bonds. The smallest absolute Gasteiger partial charge is 0.186 e. The zero-order chi connectivity index (χ0) is 16.8. The molecule has 0 fully saturated rings. The van der Waals surface area contributed by atoms with E-state index in [4.69, 9.17) is 13.6 Å². The molecule has 2 aromatic carbocycles. The van der Waals surface area contributed by atoms with E-state index in [2.05, 4.69) is 0 Å². The zero-order valence-corrected chi connectivity index (χ0v) is 13.1. The second-order valence-electron chi connectivity index (χ2n) is 5.60. The molecule has 2 aromatic heterocycles. The first-order valence-corrected chi connectivity index (χ1v) is 7.40. The highest BCUT2D eigenvalue weighted by Gasteiger charge is 2.13. The number of rotatable bonds is 2. The summed E-state index contributed by atoms with van der Waals surface area (Å²) in [4.78, 5) is 11.9. The molecule has 24 heavy (non-hydrogen) atoms. The lowest BCUT2D eigenvalue weighted by Crippen LogP contribution is -1.97. The molecule has 2 heterocycles. The van der Waals surface area contributed by atoms with Crippen molar-refractivity contribution in [2.75, 3.05) is 7.11 Å². The third-order valence-corrected chi connectivity index (χ3v) is 3.93.